The van der Waals surface area contributed by atoms with Crippen LogP contribution in [0.25, 0.3) is 0 Å². The highest BCUT2D eigenvalue weighted by molar-refractivity contribution is 7.63. The third-order valence-corrected chi connectivity index (χ3v) is 5.07. The van der Waals surface area contributed by atoms with Gasteiger partial charge in [0.05, 0.1) is 0 Å². The molecule has 0 aromatic rings. The van der Waals surface area contributed by atoms with E-state index in [2.05, 4.69) is 0 Å². The Hall–Kier alpha value is 0.190. The van der Waals surface area contributed by atoms with Gasteiger partial charge in [-0.3, -0.25) is 4.57 Å². The molecule has 0 spiro atoms. The molecule has 0 amide bonds. The van der Waals surface area contributed by atoms with Crippen molar-refractivity contribution in [3.05, 3.63) is 0 Å². The molecule has 0 atom stereocenters. The lowest BCUT2D eigenvalue weighted by Crippen LogP contribution is -2.48. The Labute approximate surface area is 42.0 Å². The van der Waals surface area contributed by atoms with Crippen molar-refractivity contribution < 1.29 is 9.46 Å². The summed E-state index contributed by atoms with van der Waals surface area (Å²) >= 11 is 0. The summed E-state index contributed by atoms with van der Waals surface area (Å²) in [5.41, 5.74) is 0.468. The fraction of sp³-hybridized carbons (Fsp3) is 1.00. The highest BCUT2D eigenvalue weighted by Gasteiger charge is 2.61. The van der Waals surface area contributed by atoms with Gasteiger partial charge in [0, 0.05) is 11.3 Å². The van der Waals surface area contributed by atoms with E-state index in [9.17, 15) is 4.57 Å². The monoisotopic (exact) mass is 118 g/mol. The summed E-state index contributed by atoms with van der Waals surface area (Å²) in [6.07, 6.45) is 2.07. The molecule has 2 saturated heterocycles. The van der Waals surface area contributed by atoms with Crippen LogP contribution in [0.15, 0.2) is 0 Å². The molecule has 1 aliphatic carbocycles. The van der Waals surface area contributed by atoms with Crippen molar-refractivity contribution in [2.45, 2.75) is 24.2 Å². The predicted molar refractivity (Wildman–Crippen MR) is 26.6 cm³/mol. The summed E-state index contributed by atoms with van der Waals surface area (Å²) in [5.74, 6) is 0. The molecule has 0 aromatic heterocycles. The Morgan fingerprint density at radius 2 is 1.71 bits per heavy atom. The van der Waals surface area contributed by atoms with Crippen LogP contribution >= 0.6 is 7.37 Å². The highest BCUT2D eigenvalue weighted by Crippen LogP contribution is 2.76. The average Bonchev–Trinajstić information content (AvgIpc) is 1.26. The molecule has 2 heterocycles. The molecule has 0 radical (unpaired) electrons. The van der Waals surface area contributed by atoms with E-state index in [-0.39, 0.29) is 11.3 Å². The van der Waals surface area contributed by atoms with E-state index in [4.69, 9.17) is 4.89 Å². The summed E-state index contributed by atoms with van der Waals surface area (Å²) in [6.45, 7) is 0. The minimum Gasteiger partial charge on any atom is -0.344 e. The first-order valence-corrected chi connectivity index (χ1v) is 4.33. The minimum atomic E-state index is -2.46. The van der Waals surface area contributed by atoms with Crippen molar-refractivity contribution in [3.8, 4) is 0 Å². The Morgan fingerprint density at radius 3 is 1.71 bits per heavy atom. The molecule has 1 saturated carbocycles. The van der Waals surface area contributed by atoms with Crippen LogP contribution in [0.5, 0.6) is 0 Å². The summed E-state index contributed by atoms with van der Waals surface area (Å²) in [5, 5.41) is 0. The van der Waals surface area contributed by atoms with Gasteiger partial charge >= 0.3 is 0 Å². The van der Waals surface area contributed by atoms with Gasteiger partial charge in [0.25, 0.3) is 0 Å². The van der Waals surface area contributed by atoms with Crippen LogP contribution < -0.4 is 0 Å². The van der Waals surface area contributed by atoms with Gasteiger partial charge in [0.1, 0.15) is 0 Å². The van der Waals surface area contributed by atoms with Gasteiger partial charge in [-0.1, -0.05) is 0 Å². The first-order valence-electron chi connectivity index (χ1n) is 2.53. The molecule has 1 N–H and O–H groups in total. The molecule has 0 unspecified atom stereocenters. The zero-order valence-electron chi connectivity index (χ0n) is 3.87. The van der Waals surface area contributed by atoms with Gasteiger partial charge in [-0.15, -0.1) is 0 Å². The molecule has 40 valence electrons. The Balaban J connectivity index is 2.33. The molecular formula is C4H7O2P. The second kappa shape index (κ2) is 0.828. The van der Waals surface area contributed by atoms with E-state index in [1.54, 1.807) is 0 Å². The van der Waals surface area contributed by atoms with Crippen molar-refractivity contribution in [1.82, 2.24) is 0 Å². The smallest absolute Gasteiger partial charge is 0.206 e. The SMILES string of the molecule is O=P1(O)C2CC1C2. The third-order valence-electron chi connectivity index (χ3n) is 2.13. The molecule has 2 bridgehead atoms. The maximum absolute atomic E-state index is 10.6. The largest absolute Gasteiger partial charge is 0.344 e. The molecule has 3 fully saturated rings. The number of hydrogen-bond donors (Lipinski definition) is 1. The summed E-state index contributed by atoms with van der Waals surface area (Å²) in [4.78, 5) is 8.79. The van der Waals surface area contributed by atoms with Crippen molar-refractivity contribution in [3.63, 3.8) is 0 Å². The van der Waals surface area contributed by atoms with E-state index < -0.39 is 7.37 Å². The second-order valence-corrected chi connectivity index (χ2v) is 5.26. The Bertz CT molecular complexity index is 136. The van der Waals surface area contributed by atoms with Gasteiger partial charge in [-0.05, 0) is 12.8 Å². The van der Waals surface area contributed by atoms with Crippen molar-refractivity contribution in [1.29, 1.82) is 0 Å². The topological polar surface area (TPSA) is 37.3 Å². The van der Waals surface area contributed by atoms with Crippen LogP contribution in [0.2, 0.25) is 0 Å². The lowest BCUT2D eigenvalue weighted by molar-refractivity contribution is 0.311. The molecule has 7 heavy (non-hydrogen) atoms. The number of hydrogen-bond acceptors (Lipinski definition) is 1. The van der Waals surface area contributed by atoms with E-state index in [1.165, 1.54) is 0 Å². The zero-order valence-corrected chi connectivity index (χ0v) is 4.77. The van der Waals surface area contributed by atoms with E-state index in [1.807, 2.05) is 0 Å². The fourth-order valence-electron chi connectivity index (χ4n) is 1.19. The second-order valence-electron chi connectivity index (χ2n) is 2.45. The van der Waals surface area contributed by atoms with Gasteiger partial charge in [-0.2, -0.15) is 0 Å². The van der Waals surface area contributed by atoms with Crippen LogP contribution in [-0.2, 0) is 4.57 Å². The molecular weight excluding hydrogens is 111 g/mol. The lowest BCUT2D eigenvalue weighted by Gasteiger charge is -2.53. The zero-order chi connectivity index (χ0) is 5.07. The molecule has 0 aromatic carbocycles. The van der Waals surface area contributed by atoms with Gasteiger partial charge in [0.2, 0.25) is 7.37 Å². The van der Waals surface area contributed by atoms with Crippen LogP contribution in [-0.4, -0.2) is 16.2 Å². The summed E-state index contributed by atoms with van der Waals surface area (Å²) < 4.78 is 10.6. The maximum Gasteiger partial charge on any atom is 0.206 e. The van der Waals surface area contributed by atoms with Gasteiger partial charge < -0.3 is 4.89 Å². The van der Waals surface area contributed by atoms with Crippen molar-refractivity contribution >= 4 is 7.37 Å². The van der Waals surface area contributed by atoms with Gasteiger partial charge in [-0.25, -0.2) is 0 Å². The molecule has 2 nitrogen and oxygen atoms in total. The fourth-order valence-corrected chi connectivity index (χ4v) is 3.22. The Kier molecular flexibility index (Phi) is 0.486. The Morgan fingerprint density at radius 1 is 1.43 bits per heavy atom. The third kappa shape index (κ3) is 0.267. The molecule has 2 aliphatic heterocycles. The van der Waals surface area contributed by atoms with Gasteiger partial charge in [0.15, 0.2) is 0 Å². The van der Waals surface area contributed by atoms with Crippen molar-refractivity contribution in [2.24, 2.45) is 0 Å². The van der Waals surface area contributed by atoms with E-state index >= 15 is 0 Å². The first kappa shape index (κ1) is 4.11. The average molecular weight is 118 g/mol. The molecule has 3 aliphatic rings. The quantitative estimate of drug-likeness (QED) is 0.477. The molecule has 3 rings (SSSR count). The van der Waals surface area contributed by atoms with E-state index in [0.29, 0.717) is 0 Å². The van der Waals surface area contributed by atoms with E-state index in [0.717, 1.165) is 12.8 Å². The lowest BCUT2D eigenvalue weighted by atomic mass is 9.96. The van der Waals surface area contributed by atoms with Crippen LogP contribution in [0, 0.1) is 0 Å². The van der Waals surface area contributed by atoms with Crippen LogP contribution in [0.1, 0.15) is 12.8 Å². The number of rotatable bonds is 0. The predicted octanol–water partition coefficient (Wildman–Crippen LogP) is 0.801. The van der Waals surface area contributed by atoms with Crippen molar-refractivity contribution in [2.75, 3.05) is 0 Å². The maximum atomic E-state index is 10.6. The summed E-state index contributed by atoms with van der Waals surface area (Å²) in [6, 6.07) is 0. The normalized spacial score (nSPS) is 65.9. The van der Waals surface area contributed by atoms with Crippen LogP contribution in [0.4, 0.5) is 0 Å². The minimum absolute atomic E-state index is 0.234. The first-order chi connectivity index (χ1) is 3.21. The highest BCUT2D eigenvalue weighted by atomic mass is 31.2. The summed E-state index contributed by atoms with van der Waals surface area (Å²) in [7, 11) is -2.46. The molecule has 3 heteroatoms. The standard InChI is InChI=1S/C4H7O2P/c5-7(6)3-1-4(7)2-3/h3-4H,1-2H2,(H,5,6). The van der Waals surface area contributed by atoms with Crippen LogP contribution in [0.3, 0.4) is 0 Å².